The van der Waals surface area contributed by atoms with Crippen LogP contribution in [0.3, 0.4) is 0 Å². The lowest BCUT2D eigenvalue weighted by Gasteiger charge is -2.28. The van der Waals surface area contributed by atoms with Gasteiger partial charge < -0.3 is 19.4 Å². The van der Waals surface area contributed by atoms with Crippen molar-refractivity contribution >= 4 is 11.9 Å². The Morgan fingerprint density at radius 2 is 1.66 bits per heavy atom. The van der Waals surface area contributed by atoms with E-state index >= 15 is 0 Å². The number of carboxylic acids is 1. The molecule has 0 amide bonds. The molecule has 0 aromatic carbocycles. The van der Waals surface area contributed by atoms with E-state index in [0.717, 1.165) is 44.9 Å². The molecule has 6 heteroatoms. The number of esters is 1. The normalized spacial score (nSPS) is 14.1. The van der Waals surface area contributed by atoms with Gasteiger partial charge in [-0.2, -0.15) is 0 Å². The Bertz CT molecular complexity index is 470. The van der Waals surface area contributed by atoms with Crippen molar-refractivity contribution in [1.82, 2.24) is 0 Å². The molecular weight excluding hydrogens is 370 g/mol. The highest BCUT2D eigenvalue weighted by Crippen LogP contribution is 2.11. The zero-order valence-corrected chi connectivity index (χ0v) is 19.1. The Balaban J connectivity index is 3.83. The number of carboxylic acid groups (broad SMARTS) is 1. The molecule has 2 atom stereocenters. The van der Waals surface area contributed by atoms with Crippen molar-refractivity contribution in [3.63, 3.8) is 0 Å². The number of ether oxygens (including phenoxy) is 1. The summed E-state index contributed by atoms with van der Waals surface area (Å²) in [6.07, 6.45) is 13.5. The first-order chi connectivity index (χ1) is 13.6. The van der Waals surface area contributed by atoms with Crippen LogP contribution in [0.1, 0.15) is 84.0 Å². The lowest BCUT2D eigenvalue weighted by Crippen LogP contribution is -2.43. The largest absolute Gasteiger partial charge is 0.481 e. The van der Waals surface area contributed by atoms with Crippen molar-refractivity contribution in [2.24, 2.45) is 0 Å². The number of carbonyl (C=O) groups excluding carboxylic acids is 1. The summed E-state index contributed by atoms with van der Waals surface area (Å²) < 4.78 is 5.93. The molecule has 0 aromatic rings. The number of unbranched alkanes of at least 4 members (excludes halogenated alkanes) is 7. The lowest BCUT2D eigenvalue weighted by atomic mass is 10.1. The molecule has 0 aromatic heterocycles. The highest BCUT2D eigenvalue weighted by molar-refractivity contribution is 5.71. The van der Waals surface area contributed by atoms with Crippen molar-refractivity contribution in [3.05, 3.63) is 12.2 Å². The van der Waals surface area contributed by atoms with Crippen LogP contribution < -0.4 is 0 Å². The predicted molar refractivity (Wildman–Crippen MR) is 117 cm³/mol. The molecule has 0 spiro atoms. The number of carbonyl (C=O) groups is 2. The number of aliphatic hydroxyl groups excluding tert-OH is 1. The van der Waals surface area contributed by atoms with Gasteiger partial charge in [0.2, 0.25) is 0 Å². The van der Waals surface area contributed by atoms with Crippen molar-refractivity contribution < 1.29 is 29.0 Å². The third kappa shape index (κ3) is 19.7. The average Bonchev–Trinajstić information content (AvgIpc) is 2.58. The van der Waals surface area contributed by atoms with E-state index in [-0.39, 0.29) is 18.5 Å². The molecule has 0 fully saturated rings. The molecule has 0 aliphatic carbocycles. The monoisotopic (exact) mass is 414 g/mol. The van der Waals surface area contributed by atoms with Crippen LogP contribution in [0.2, 0.25) is 0 Å². The third-order valence-electron chi connectivity index (χ3n) is 4.67. The van der Waals surface area contributed by atoms with E-state index in [1.165, 1.54) is 19.3 Å². The van der Waals surface area contributed by atoms with Crippen molar-refractivity contribution in [2.75, 3.05) is 27.7 Å². The predicted octanol–water partition coefficient (Wildman–Crippen LogP) is 4.31. The number of likely N-dealkylation sites (N-methyl/N-ethyl adjacent to an activating group) is 1. The average molecular weight is 415 g/mol. The van der Waals surface area contributed by atoms with Gasteiger partial charge in [-0.25, -0.2) is 0 Å². The number of nitrogens with zero attached hydrogens (tertiary/aromatic N) is 1. The van der Waals surface area contributed by atoms with Gasteiger partial charge in [-0.1, -0.05) is 57.6 Å². The Labute approximate surface area is 177 Å². The molecule has 0 aliphatic heterocycles. The van der Waals surface area contributed by atoms with Crippen LogP contribution in [0.4, 0.5) is 0 Å². The highest BCUT2D eigenvalue weighted by Gasteiger charge is 2.24. The van der Waals surface area contributed by atoms with Gasteiger partial charge in [0.05, 0.1) is 33.7 Å². The van der Waals surface area contributed by atoms with E-state index in [2.05, 4.69) is 13.0 Å². The first-order valence-electron chi connectivity index (χ1n) is 11.2. The molecular formula is C23H44NO5+. The zero-order chi connectivity index (χ0) is 22.1. The fraction of sp³-hybridized carbons (Fsp3) is 0.826. The van der Waals surface area contributed by atoms with E-state index in [1.807, 2.05) is 27.2 Å². The minimum absolute atomic E-state index is 0.155. The van der Waals surface area contributed by atoms with Gasteiger partial charge >= 0.3 is 11.9 Å². The first-order valence-corrected chi connectivity index (χ1v) is 11.2. The van der Waals surface area contributed by atoms with Gasteiger partial charge in [-0.3, -0.25) is 9.59 Å². The van der Waals surface area contributed by atoms with Crippen molar-refractivity contribution in [1.29, 1.82) is 0 Å². The van der Waals surface area contributed by atoms with Gasteiger partial charge in [-0.15, -0.1) is 0 Å². The van der Waals surface area contributed by atoms with Crippen molar-refractivity contribution in [2.45, 2.75) is 96.2 Å². The Hall–Kier alpha value is -1.40. The molecule has 0 aliphatic rings. The van der Waals surface area contributed by atoms with Crippen LogP contribution in [-0.2, 0) is 14.3 Å². The molecule has 0 bridgehead atoms. The van der Waals surface area contributed by atoms with Gasteiger partial charge in [0.25, 0.3) is 0 Å². The molecule has 2 N–H and O–H groups in total. The number of hydrogen-bond acceptors (Lipinski definition) is 4. The number of quaternary nitrogens is 1. The molecule has 0 saturated heterocycles. The lowest BCUT2D eigenvalue weighted by molar-refractivity contribution is -0.873. The summed E-state index contributed by atoms with van der Waals surface area (Å²) in [7, 11) is 5.84. The summed E-state index contributed by atoms with van der Waals surface area (Å²) in [5, 5.41) is 18.9. The highest BCUT2D eigenvalue weighted by atomic mass is 16.5. The van der Waals surface area contributed by atoms with Gasteiger partial charge in [-0.05, 0) is 25.7 Å². The molecule has 0 rings (SSSR count). The molecule has 170 valence electrons. The quantitative estimate of drug-likeness (QED) is 0.151. The Morgan fingerprint density at radius 1 is 1.00 bits per heavy atom. The SMILES string of the molecule is CCCCCCC(O)/C=C/CCCCCCC(=O)OC(CC(=O)O)C[N+](C)(C)C. The van der Waals surface area contributed by atoms with Gasteiger partial charge in [0.15, 0.2) is 6.10 Å². The summed E-state index contributed by atoms with van der Waals surface area (Å²) in [6.45, 7) is 2.66. The van der Waals surface area contributed by atoms with Crippen LogP contribution in [-0.4, -0.2) is 66.5 Å². The summed E-state index contributed by atoms with van der Waals surface area (Å²) in [6, 6.07) is 0. The number of rotatable bonds is 18. The minimum Gasteiger partial charge on any atom is -0.481 e. The fourth-order valence-electron chi connectivity index (χ4n) is 3.21. The molecule has 0 heterocycles. The van der Waals surface area contributed by atoms with Crippen LogP contribution in [0, 0.1) is 0 Å². The van der Waals surface area contributed by atoms with E-state index in [9.17, 15) is 14.7 Å². The molecule has 29 heavy (non-hydrogen) atoms. The maximum Gasteiger partial charge on any atom is 0.307 e. The second-order valence-electron chi connectivity index (χ2n) is 8.98. The number of hydrogen-bond donors (Lipinski definition) is 2. The van der Waals surface area contributed by atoms with E-state index < -0.39 is 12.1 Å². The number of allylic oxidation sites excluding steroid dienone is 1. The zero-order valence-electron chi connectivity index (χ0n) is 19.1. The second-order valence-corrected chi connectivity index (χ2v) is 8.98. The molecule has 6 nitrogen and oxygen atoms in total. The summed E-state index contributed by atoms with van der Waals surface area (Å²) in [4.78, 5) is 23.0. The fourth-order valence-corrected chi connectivity index (χ4v) is 3.21. The Morgan fingerprint density at radius 3 is 2.28 bits per heavy atom. The maximum atomic E-state index is 12.0. The minimum atomic E-state index is -0.949. The summed E-state index contributed by atoms with van der Waals surface area (Å²) >= 11 is 0. The second kappa shape index (κ2) is 16.4. The topological polar surface area (TPSA) is 83.8 Å². The van der Waals surface area contributed by atoms with Gasteiger partial charge in [0, 0.05) is 6.42 Å². The van der Waals surface area contributed by atoms with E-state index in [1.54, 1.807) is 0 Å². The third-order valence-corrected chi connectivity index (χ3v) is 4.67. The van der Waals surface area contributed by atoms with E-state index in [0.29, 0.717) is 17.4 Å². The standard InChI is InChI=1S/C23H43NO5/c1-5-6-7-12-15-20(25)16-13-10-8-9-11-14-17-23(28)29-21(18-22(26)27)19-24(2,3)4/h13,16,20-21,25H,5-12,14-15,17-19H2,1-4H3/p+1/b16-13+. The first kappa shape index (κ1) is 27.6. The number of aliphatic hydroxyl groups is 1. The maximum absolute atomic E-state index is 12.0. The molecule has 0 radical (unpaired) electrons. The van der Waals surface area contributed by atoms with Crippen LogP contribution >= 0.6 is 0 Å². The van der Waals surface area contributed by atoms with E-state index in [4.69, 9.17) is 9.84 Å². The van der Waals surface area contributed by atoms with Gasteiger partial charge in [0.1, 0.15) is 6.54 Å². The molecule has 2 unspecified atom stereocenters. The Kier molecular flexibility index (Phi) is 15.6. The number of aliphatic carboxylic acids is 1. The summed E-state index contributed by atoms with van der Waals surface area (Å²) in [5.41, 5.74) is 0. The smallest absolute Gasteiger partial charge is 0.307 e. The van der Waals surface area contributed by atoms with Crippen molar-refractivity contribution in [3.8, 4) is 0 Å². The van der Waals surface area contributed by atoms with Crippen LogP contribution in [0.15, 0.2) is 12.2 Å². The van der Waals surface area contributed by atoms with Crippen LogP contribution in [0.25, 0.3) is 0 Å². The molecule has 0 saturated carbocycles. The van der Waals surface area contributed by atoms with Crippen LogP contribution in [0.5, 0.6) is 0 Å². The summed E-state index contributed by atoms with van der Waals surface area (Å²) in [5.74, 6) is -1.26.